The second-order valence-electron chi connectivity index (χ2n) is 3.01. The predicted molar refractivity (Wildman–Crippen MR) is 46.4 cm³/mol. The Kier molecular flexibility index (Phi) is 3.27. The predicted octanol–water partition coefficient (Wildman–Crippen LogP) is 3.36. The largest absolute Gasteiger partial charge is 0.123 e. The van der Waals surface area contributed by atoms with Crippen LogP contribution in [0.1, 0.15) is 32.6 Å². The van der Waals surface area contributed by atoms with E-state index in [4.69, 9.17) is 11.6 Å². The summed E-state index contributed by atoms with van der Waals surface area (Å²) >= 11 is 6.08. The maximum Gasteiger partial charge on any atom is 0.0367 e. The van der Waals surface area contributed by atoms with Crippen LogP contribution in [-0.4, -0.2) is 5.38 Å². The van der Waals surface area contributed by atoms with E-state index in [9.17, 15) is 0 Å². The number of halogens is 1. The lowest BCUT2D eigenvalue weighted by Crippen LogP contribution is -2.04. The van der Waals surface area contributed by atoms with Crippen LogP contribution in [0.25, 0.3) is 0 Å². The average Bonchev–Trinajstić information content (AvgIpc) is 2.31. The van der Waals surface area contributed by atoms with Crippen LogP contribution < -0.4 is 0 Å². The Morgan fingerprint density at radius 2 is 2.30 bits per heavy atom. The van der Waals surface area contributed by atoms with E-state index in [0.29, 0.717) is 5.38 Å². The van der Waals surface area contributed by atoms with Crippen LogP contribution in [0.15, 0.2) is 12.2 Å². The Morgan fingerprint density at radius 3 is 2.80 bits per heavy atom. The van der Waals surface area contributed by atoms with Crippen molar-refractivity contribution in [3.8, 4) is 0 Å². The van der Waals surface area contributed by atoms with E-state index in [1.165, 1.54) is 25.7 Å². The molecule has 0 nitrogen and oxygen atoms in total. The third-order valence-electron chi connectivity index (χ3n) is 2.24. The van der Waals surface area contributed by atoms with Crippen molar-refractivity contribution in [1.29, 1.82) is 0 Å². The standard InChI is InChI=1S/C9H15Cl/c1-2-3-5-8-6-4-7-9(8)10/h2-3,8-9H,4-7H2,1H3/b3-2+. The van der Waals surface area contributed by atoms with Gasteiger partial charge in [0.25, 0.3) is 0 Å². The molecule has 0 amide bonds. The van der Waals surface area contributed by atoms with Crippen LogP contribution in [0, 0.1) is 5.92 Å². The Labute approximate surface area is 68.3 Å². The van der Waals surface area contributed by atoms with Crippen LogP contribution in [0.4, 0.5) is 0 Å². The summed E-state index contributed by atoms with van der Waals surface area (Å²) in [6, 6.07) is 0. The maximum absolute atomic E-state index is 6.08. The smallest absolute Gasteiger partial charge is 0.0367 e. The molecule has 0 spiro atoms. The molecule has 1 saturated carbocycles. The minimum atomic E-state index is 0.455. The first kappa shape index (κ1) is 8.13. The van der Waals surface area contributed by atoms with E-state index in [2.05, 4.69) is 19.1 Å². The summed E-state index contributed by atoms with van der Waals surface area (Å²) in [6.07, 6.45) is 9.41. The second kappa shape index (κ2) is 4.02. The molecule has 2 atom stereocenters. The number of allylic oxidation sites excluding steroid dienone is 2. The van der Waals surface area contributed by atoms with Gasteiger partial charge in [-0.15, -0.1) is 11.6 Å². The summed E-state index contributed by atoms with van der Waals surface area (Å²) in [5, 5.41) is 0.455. The van der Waals surface area contributed by atoms with Gasteiger partial charge in [0.2, 0.25) is 0 Å². The van der Waals surface area contributed by atoms with E-state index in [0.717, 1.165) is 5.92 Å². The Hall–Kier alpha value is 0.0300. The first-order valence-corrected chi connectivity index (χ1v) is 4.53. The molecule has 1 fully saturated rings. The summed E-state index contributed by atoms with van der Waals surface area (Å²) in [5.41, 5.74) is 0. The van der Waals surface area contributed by atoms with Crippen LogP contribution in [0.2, 0.25) is 0 Å². The Morgan fingerprint density at radius 1 is 1.50 bits per heavy atom. The summed E-state index contributed by atoms with van der Waals surface area (Å²) in [5.74, 6) is 0.762. The van der Waals surface area contributed by atoms with Crippen LogP contribution in [-0.2, 0) is 0 Å². The molecule has 0 aliphatic heterocycles. The van der Waals surface area contributed by atoms with Crippen molar-refractivity contribution in [2.45, 2.75) is 38.0 Å². The molecule has 0 radical (unpaired) electrons. The molecule has 1 aliphatic rings. The highest BCUT2D eigenvalue weighted by Gasteiger charge is 2.23. The molecular formula is C9H15Cl. The average molecular weight is 159 g/mol. The zero-order valence-corrected chi connectivity index (χ0v) is 7.27. The molecule has 0 saturated heterocycles. The molecule has 0 heterocycles. The zero-order chi connectivity index (χ0) is 7.40. The van der Waals surface area contributed by atoms with Gasteiger partial charge >= 0.3 is 0 Å². The van der Waals surface area contributed by atoms with Crippen molar-refractivity contribution >= 4 is 11.6 Å². The SMILES string of the molecule is C/C=C/CC1CCCC1Cl. The van der Waals surface area contributed by atoms with Gasteiger partial charge in [-0.3, -0.25) is 0 Å². The molecule has 0 aromatic carbocycles. The third-order valence-corrected chi connectivity index (χ3v) is 2.82. The van der Waals surface area contributed by atoms with Crippen molar-refractivity contribution in [2.75, 3.05) is 0 Å². The van der Waals surface area contributed by atoms with Crippen molar-refractivity contribution in [3.05, 3.63) is 12.2 Å². The van der Waals surface area contributed by atoms with Crippen molar-refractivity contribution in [1.82, 2.24) is 0 Å². The minimum absolute atomic E-state index is 0.455. The fourth-order valence-electron chi connectivity index (χ4n) is 1.57. The van der Waals surface area contributed by atoms with E-state index in [-0.39, 0.29) is 0 Å². The van der Waals surface area contributed by atoms with Gasteiger partial charge in [-0.2, -0.15) is 0 Å². The third kappa shape index (κ3) is 2.02. The highest BCUT2D eigenvalue weighted by Crippen LogP contribution is 2.32. The van der Waals surface area contributed by atoms with Gasteiger partial charge < -0.3 is 0 Å². The Bertz CT molecular complexity index is 118. The highest BCUT2D eigenvalue weighted by atomic mass is 35.5. The van der Waals surface area contributed by atoms with E-state index in [1.807, 2.05) is 0 Å². The van der Waals surface area contributed by atoms with Crippen molar-refractivity contribution in [2.24, 2.45) is 5.92 Å². The van der Waals surface area contributed by atoms with Crippen LogP contribution >= 0.6 is 11.6 Å². The summed E-state index contributed by atoms with van der Waals surface area (Å²) < 4.78 is 0. The molecule has 1 rings (SSSR count). The van der Waals surface area contributed by atoms with Gasteiger partial charge in [-0.25, -0.2) is 0 Å². The summed E-state index contributed by atoms with van der Waals surface area (Å²) in [6.45, 7) is 2.07. The van der Waals surface area contributed by atoms with Crippen molar-refractivity contribution in [3.63, 3.8) is 0 Å². The van der Waals surface area contributed by atoms with Gasteiger partial charge in [0, 0.05) is 5.38 Å². The summed E-state index contributed by atoms with van der Waals surface area (Å²) in [7, 11) is 0. The molecule has 1 aliphatic carbocycles. The first-order valence-electron chi connectivity index (χ1n) is 4.10. The number of rotatable bonds is 2. The van der Waals surface area contributed by atoms with Crippen LogP contribution in [0.3, 0.4) is 0 Å². The minimum Gasteiger partial charge on any atom is -0.123 e. The van der Waals surface area contributed by atoms with E-state index >= 15 is 0 Å². The Balaban J connectivity index is 2.26. The monoisotopic (exact) mass is 158 g/mol. The molecule has 0 N–H and O–H groups in total. The maximum atomic E-state index is 6.08. The van der Waals surface area contributed by atoms with Gasteiger partial charge in [0.15, 0.2) is 0 Å². The fourth-order valence-corrected chi connectivity index (χ4v) is 1.95. The van der Waals surface area contributed by atoms with Gasteiger partial charge in [0.1, 0.15) is 0 Å². The molecule has 10 heavy (non-hydrogen) atoms. The molecule has 2 unspecified atom stereocenters. The molecule has 0 aromatic heterocycles. The lowest BCUT2D eigenvalue weighted by atomic mass is 10.0. The highest BCUT2D eigenvalue weighted by molar-refractivity contribution is 6.20. The number of hydrogen-bond donors (Lipinski definition) is 0. The molecule has 58 valence electrons. The lowest BCUT2D eigenvalue weighted by molar-refractivity contribution is 0.564. The first-order chi connectivity index (χ1) is 4.84. The fraction of sp³-hybridized carbons (Fsp3) is 0.778. The van der Waals surface area contributed by atoms with Crippen LogP contribution in [0.5, 0.6) is 0 Å². The topological polar surface area (TPSA) is 0 Å². The van der Waals surface area contributed by atoms with Gasteiger partial charge in [-0.1, -0.05) is 18.6 Å². The van der Waals surface area contributed by atoms with Gasteiger partial charge in [0.05, 0.1) is 0 Å². The normalized spacial score (nSPS) is 33.8. The van der Waals surface area contributed by atoms with Gasteiger partial charge in [-0.05, 0) is 32.1 Å². The molecule has 0 bridgehead atoms. The van der Waals surface area contributed by atoms with E-state index < -0.39 is 0 Å². The van der Waals surface area contributed by atoms with E-state index in [1.54, 1.807) is 0 Å². The molecule has 0 aromatic rings. The second-order valence-corrected chi connectivity index (χ2v) is 3.57. The zero-order valence-electron chi connectivity index (χ0n) is 6.52. The van der Waals surface area contributed by atoms with Crippen molar-refractivity contribution < 1.29 is 0 Å². The molecular weight excluding hydrogens is 144 g/mol. The lowest BCUT2D eigenvalue weighted by Gasteiger charge is -2.09. The number of alkyl halides is 1. The molecule has 1 heteroatoms. The summed E-state index contributed by atoms with van der Waals surface area (Å²) in [4.78, 5) is 0. The quantitative estimate of drug-likeness (QED) is 0.427. The number of hydrogen-bond acceptors (Lipinski definition) is 0.